The third-order valence-corrected chi connectivity index (χ3v) is 5.74. The topological polar surface area (TPSA) is 67.9 Å². The first kappa shape index (κ1) is 22.7. The van der Waals surface area contributed by atoms with E-state index in [1.165, 1.54) is 0 Å². The van der Waals surface area contributed by atoms with E-state index in [2.05, 4.69) is 5.32 Å². The van der Waals surface area contributed by atoms with Crippen LogP contribution in [-0.2, 0) is 16.1 Å². The van der Waals surface area contributed by atoms with Crippen molar-refractivity contribution in [1.29, 1.82) is 0 Å². The highest BCUT2D eigenvalue weighted by molar-refractivity contribution is 5.83. The molecule has 6 nitrogen and oxygen atoms in total. The fourth-order valence-corrected chi connectivity index (χ4v) is 4.11. The molecule has 2 aromatic carbocycles. The molecule has 1 fully saturated rings. The predicted molar refractivity (Wildman–Crippen MR) is 120 cm³/mol. The van der Waals surface area contributed by atoms with E-state index in [-0.39, 0.29) is 29.6 Å². The van der Waals surface area contributed by atoms with Crippen LogP contribution >= 0.6 is 0 Å². The Morgan fingerprint density at radius 2 is 1.81 bits per heavy atom. The molecule has 0 aliphatic carbocycles. The lowest BCUT2D eigenvalue weighted by molar-refractivity contribution is -0.131. The van der Waals surface area contributed by atoms with Gasteiger partial charge in [-0.05, 0) is 29.7 Å². The van der Waals surface area contributed by atoms with Gasteiger partial charge in [0.1, 0.15) is 11.5 Å². The largest absolute Gasteiger partial charge is 0.497 e. The maximum atomic E-state index is 13.2. The Balaban J connectivity index is 1.86. The van der Waals surface area contributed by atoms with Gasteiger partial charge in [-0.2, -0.15) is 0 Å². The fraction of sp³-hybridized carbons (Fsp3) is 0.440. The Kier molecular flexibility index (Phi) is 7.55. The van der Waals surface area contributed by atoms with Gasteiger partial charge in [0, 0.05) is 37.5 Å². The first-order chi connectivity index (χ1) is 14.9. The summed E-state index contributed by atoms with van der Waals surface area (Å²) >= 11 is 0. The Morgan fingerprint density at radius 3 is 2.45 bits per heavy atom. The number of likely N-dealkylation sites (tertiary alicyclic amines) is 1. The molecule has 1 aliphatic heterocycles. The number of carbonyl (C=O) groups is 2. The first-order valence-corrected chi connectivity index (χ1v) is 10.7. The van der Waals surface area contributed by atoms with Crippen LogP contribution in [-0.4, -0.2) is 44.0 Å². The molecule has 0 bridgehead atoms. The maximum absolute atomic E-state index is 13.2. The van der Waals surface area contributed by atoms with Crippen LogP contribution in [0.15, 0.2) is 48.5 Å². The lowest BCUT2D eigenvalue weighted by Crippen LogP contribution is -2.35. The van der Waals surface area contributed by atoms with Crippen LogP contribution in [0.3, 0.4) is 0 Å². The summed E-state index contributed by atoms with van der Waals surface area (Å²) < 4.78 is 11.0. The minimum absolute atomic E-state index is 0.0569. The predicted octanol–water partition coefficient (Wildman–Crippen LogP) is 3.61. The molecular formula is C25H32N2O4. The highest BCUT2D eigenvalue weighted by atomic mass is 16.5. The molecule has 1 N–H and O–H groups in total. The number of hydrogen-bond donors (Lipinski definition) is 1. The third kappa shape index (κ3) is 5.57. The highest BCUT2D eigenvalue weighted by Crippen LogP contribution is 2.40. The third-order valence-electron chi connectivity index (χ3n) is 5.74. The summed E-state index contributed by atoms with van der Waals surface area (Å²) in [5.41, 5.74) is 1.93. The quantitative estimate of drug-likeness (QED) is 0.703. The summed E-state index contributed by atoms with van der Waals surface area (Å²) in [6.45, 7) is 5.40. The molecule has 0 aromatic heterocycles. The van der Waals surface area contributed by atoms with Gasteiger partial charge in [-0.1, -0.05) is 44.2 Å². The van der Waals surface area contributed by atoms with Crippen molar-refractivity contribution in [3.05, 3.63) is 59.7 Å². The number of methoxy groups -OCH3 is 2. The zero-order valence-electron chi connectivity index (χ0n) is 18.8. The Morgan fingerprint density at radius 1 is 1.06 bits per heavy atom. The van der Waals surface area contributed by atoms with Crippen molar-refractivity contribution in [3.8, 4) is 11.5 Å². The molecular weight excluding hydrogens is 392 g/mol. The van der Waals surface area contributed by atoms with Gasteiger partial charge in [0.15, 0.2) is 0 Å². The van der Waals surface area contributed by atoms with Gasteiger partial charge in [0.05, 0.1) is 20.1 Å². The molecule has 0 radical (unpaired) electrons. The summed E-state index contributed by atoms with van der Waals surface area (Å²) in [5, 5.41) is 3.06. The Hall–Kier alpha value is -3.02. The van der Waals surface area contributed by atoms with Crippen LogP contribution in [0.2, 0.25) is 0 Å². The molecule has 0 saturated carbocycles. The lowest BCUT2D eigenvalue weighted by atomic mass is 9.87. The van der Waals surface area contributed by atoms with Gasteiger partial charge in [0.25, 0.3) is 0 Å². The zero-order chi connectivity index (χ0) is 22.4. The van der Waals surface area contributed by atoms with Gasteiger partial charge in [-0.3, -0.25) is 9.59 Å². The van der Waals surface area contributed by atoms with Gasteiger partial charge < -0.3 is 19.7 Å². The lowest BCUT2D eigenvalue weighted by Gasteiger charge is -2.21. The molecule has 6 heteroatoms. The Bertz CT molecular complexity index is 898. The van der Waals surface area contributed by atoms with Crippen molar-refractivity contribution < 1.29 is 19.1 Å². The molecule has 3 rings (SSSR count). The normalized spacial score (nSPS) is 18.2. The minimum atomic E-state index is -0.360. The molecule has 166 valence electrons. The van der Waals surface area contributed by atoms with Crippen molar-refractivity contribution in [2.24, 2.45) is 11.8 Å². The van der Waals surface area contributed by atoms with E-state index >= 15 is 0 Å². The molecule has 2 aromatic rings. The van der Waals surface area contributed by atoms with Crippen LogP contribution in [0.5, 0.6) is 11.5 Å². The Labute approximate surface area is 184 Å². The van der Waals surface area contributed by atoms with Crippen LogP contribution in [0.4, 0.5) is 0 Å². The van der Waals surface area contributed by atoms with E-state index < -0.39 is 0 Å². The van der Waals surface area contributed by atoms with Gasteiger partial charge in [0.2, 0.25) is 11.8 Å². The molecule has 2 unspecified atom stereocenters. The summed E-state index contributed by atoms with van der Waals surface area (Å²) in [6.07, 6.45) is 0.473. The van der Waals surface area contributed by atoms with E-state index in [1.807, 2.05) is 67.3 Å². The van der Waals surface area contributed by atoms with E-state index in [1.54, 1.807) is 14.2 Å². The van der Waals surface area contributed by atoms with Crippen molar-refractivity contribution in [2.75, 3.05) is 27.3 Å². The molecule has 2 atom stereocenters. The number of nitrogens with one attached hydrogen (secondary N) is 1. The van der Waals surface area contributed by atoms with Crippen LogP contribution < -0.4 is 14.8 Å². The van der Waals surface area contributed by atoms with Crippen molar-refractivity contribution in [2.45, 2.75) is 32.7 Å². The number of carbonyl (C=O) groups excluding carboxylic acids is 2. The summed E-state index contributed by atoms with van der Waals surface area (Å²) in [6, 6.07) is 15.4. The van der Waals surface area contributed by atoms with Gasteiger partial charge >= 0.3 is 0 Å². The smallest absolute Gasteiger partial charge is 0.225 e. The number of hydrogen-bond acceptors (Lipinski definition) is 4. The van der Waals surface area contributed by atoms with Gasteiger partial charge in [-0.25, -0.2) is 0 Å². The van der Waals surface area contributed by atoms with Crippen LogP contribution in [0.1, 0.15) is 37.3 Å². The maximum Gasteiger partial charge on any atom is 0.225 e. The highest BCUT2D eigenvalue weighted by Gasteiger charge is 2.41. The van der Waals surface area contributed by atoms with E-state index in [4.69, 9.17) is 9.47 Å². The molecule has 1 saturated heterocycles. The van der Waals surface area contributed by atoms with Crippen LogP contribution in [0, 0.1) is 11.8 Å². The zero-order valence-corrected chi connectivity index (χ0v) is 18.8. The number of benzene rings is 2. The monoisotopic (exact) mass is 424 g/mol. The van der Waals surface area contributed by atoms with E-state index in [9.17, 15) is 9.59 Å². The van der Waals surface area contributed by atoms with E-state index in [0.717, 1.165) is 11.1 Å². The fourth-order valence-electron chi connectivity index (χ4n) is 4.11. The summed E-state index contributed by atoms with van der Waals surface area (Å²) in [4.78, 5) is 27.8. The second kappa shape index (κ2) is 10.3. The van der Waals surface area contributed by atoms with Gasteiger partial charge in [-0.15, -0.1) is 0 Å². The standard InChI is InChI=1S/C25H32N2O4/c1-17(2)12-24(28)27-15-21(20-13-19(30-3)10-11-23(20)31-4)22(16-27)25(29)26-14-18-8-6-5-7-9-18/h5-11,13,17,21-22H,12,14-16H2,1-4H3,(H,26,29). The molecule has 1 aliphatic rings. The average molecular weight is 425 g/mol. The second-order valence-electron chi connectivity index (χ2n) is 8.42. The van der Waals surface area contributed by atoms with E-state index in [0.29, 0.717) is 37.6 Å². The number of ether oxygens (including phenoxy) is 2. The summed E-state index contributed by atoms with van der Waals surface area (Å²) in [5.74, 6) is 1.16. The molecule has 2 amide bonds. The molecule has 0 spiro atoms. The van der Waals surface area contributed by atoms with Crippen molar-refractivity contribution in [1.82, 2.24) is 10.2 Å². The SMILES string of the molecule is COc1ccc(OC)c(C2CN(C(=O)CC(C)C)CC2C(=O)NCc2ccccc2)c1. The van der Waals surface area contributed by atoms with Crippen LogP contribution in [0.25, 0.3) is 0 Å². The average Bonchev–Trinajstić information content (AvgIpc) is 3.23. The van der Waals surface area contributed by atoms with Crippen molar-refractivity contribution in [3.63, 3.8) is 0 Å². The number of amides is 2. The molecule has 1 heterocycles. The molecule has 31 heavy (non-hydrogen) atoms. The number of rotatable bonds is 8. The van der Waals surface area contributed by atoms with Crippen molar-refractivity contribution >= 4 is 11.8 Å². The first-order valence-electron chi connectivity index (χ1n) is 10.7. The summed E-state index contributed by atoms with van der Waals surface area (Å²) in [7, 11) is 3.23. The number of nitrogens with zero attached hydrogens (tertiary/aromatic N) is 1. The second-order valence-corrected chi connectivity index (χ2v) is 8.42. The minimum Gasteiger partial charge on any atom is -0.497 e.